The van der Waals surface area contributed by atoms with E-state index in [1.165, 1.54) is 96.3 Å². The third kappa shape index (κ3) is 18.6. The molecule has 1 N–H and O–H groups in total. The maximum absolute atomic E-state index is 9.95. The molecule has 0 aliphatic carbocycles. The van der Waals surface area contributed by atoms with E-state index in [-0.39, 0.29) is 13.3 Å². The van der Waals surface area contributed by atoms with E-state index in [2.05, 4.69) is 24.9 Å². The number of aliphatic hydroxyl groups excluding tert-OH is 1. The van der Waals surface area contributed by atoms with Crippen LogP contribution in [0.25, 0.3) is 0 Å². The van der Waals surface area contributed by atoms with Crippen molar-refractivity contribution in [1.29, 1.82) is 0 Å². The van der Waals surface area contributed by atoms with Crippen molar-refractivity contribution >= 4 is 26.5 Å². The topological polar surface area (TPSA) is 20.2 Å². The van der Waals surface area contributed by atoms with Crippen LogP contribution >= 0.6 is 9.66 Å². The van der Waals surface area contributed by atoms with Crippen LogP contribution in [0, 0.1) is 5.92 Å². The lowest BCUT2D eigenvalue weighted by Crippen LogP contribution is -2.09. The molecule has 0 saturated heterocycles. The Morgan fingerprint density at radius 3 is 1.36 bits per heavy atom. The molecular formula is C26H50OS. The van der Waals surface area contributed by atoms with Crippen LogP contribution in [0.3, 0.4) is 0 Å². The third-order valence-corrected chi connectivity index (χ3v) is 6.22. The fourth-order valence-corrected chi connectivity index (χ4v) is 4.15. The molecule has 166 valence electrons. The molecule has 28 heavy (non-hydrogen) atoms. The fourth-order valence-electron chi connectivity index (χ4n) is 3.51. The zero-order chi connectivity index (χ0) is 20.2. The van der Waals surface area contributed by atoms with Gasteiger partial charge in [-0.25, -0.2) is 0 Å². The number of aliphatic hydroxyl groups is 1. The summed E-state index contributed by atoms with van der Waals surface area (Å²) in [5.74, 6) is 7.71. The van der Waals surface area contributed by atoms with E-state index >= 15 is 0 Å². The van der Waals surface area contributed by atoms with Gasteiger partial charge >= 0.3 is 0 Å². The number of hydrogen-bond acceptors (Lipinski definition) is 0. The maximum atomic E-state index is 9.95. The Labute approximate surface area is 179 Å². The van der Waals surface area contributed by atoms with E-state index in [1.54, 1.807) is 0 Å². The summed E-state index contributed by atoms with van der Waals surface area (Å²) in [6.07, 6.45) is 26.6. The highest BCUT2D eigenvalue weighted by Gasteiger charge is 2.07. The van der Waals surface area contributed by atoms with Crippen molar-refractivity contribution in [2.24, 2.45) is 5.92 Å². The van der Waals surface area contributed by atoms with Crippen LogP contribution in [0.1, 0.15) is 117 Å². The van der Waals surface area contributed by atoms with Gasteiger partial charge in [0.2, 0.25) is 0 Å². The second kappa shape index (κ2) is 22.6. The number of rotatable bonds is 20. The van der Waals surface area contributed by atoms with Gasteiger partial charge in [-0.05, 0) is 19.3 Å². The fraction of sp³-hybridized carbons (Fsp3) is 0.731. The van der Waals surface area contributed by atoms with Gasteiger partial charge in [-0.15, -0.1) is 13.2 Å². The SMILES string of the molecule is C.C=CCCCCCCCCCCCCCCCCCC(C=C)C(O)=S(=C)=C. The Morgan fingerprint density at radius 1 is 0.679 bits per heavy atom. The molecule has 0 aromatic carbocycles. The molecule has 1 nitrogen and oxygen atoms in total. The molecule has 0 radical (unpaired) electrons. The molecule has 0 aliphatic heterocycles. The Morgan fingerprint density at radius 2 is 1.04 bits per heavy atom. The molecule has 0 amide bonds. The number of unbranched alkanes of at least 4 members (excludes halogenated alkanes) is 15. The van der Waals surface area contributed by atoms with Crippen molar-refractivity contribution in [2.75, 3.05) is 0 Å². The monoisotopic (exact) mass is 410 g/mol. The van der Waals surface area contributed by atoms with Crippen molar-refractivity contribution in [3.05, 3.63) is 25.3 Å². The molecule has 0 aliphatic rings. The summed E-state index contributed by atoms with van der Waals surface area (Å²) in [4.78, 5) is 0. The smallest absolute Gasteiger partial charge is 0.0987 e. The molecule has 0 bridgehead atoms. The molecule has 0 saturated carbocycles. The van der Waals surface area contributed by atoms with Gasteiger partial charge in [0, 0.05) is 5.92 Å². The average Bonchev–Trinajstić information content (AvgIpc) is 2.66. The summed E-state index contributed by atoms with van der Waals surface area (Å²) in [5, 5.41) is 10.4. The van der Waals surface area contributed by atoms with Crippen molar-refractivity contribution in [3.63, 3.8) is 0 Å². The Balaban J connectivity index is 0. The normalized spacial score (nSPS) is 11.5. The second-order valence-corrected chi connectivity index (χ2v) is 9.25. The Kier molecular flexibility index (Phi) is 23.7. The molecule has 1 unspecified atom stereocenters. The molecular weight excluding hydrogens is 360 g/mol. The predicted molar refractivity (Wildman–Crippen MR) is 139 cm³/mol. The van der Waals surface area contributed by atoms with Crippen LogP contribution in [-0.2, 0) is 0 Å². The van der Waals surface area contributed by atoms with Crippen LogP contribution in [-0.4, -0.2) is 21.9 Å². The number of hydrogen-bond donors (Lipinski definition) is 1. The van der Waals surface area contributed by atoms with Gasteiger partial charge in [-0.3, -0.25) is 0 Å². The van der Waals surface area contributed by atoms with Gasteiger partial charge in [0.1, 0.15) is 0 Å². The van der Waals surface area contributed by atoms with Crippen LogP contribution in [0.5, 0.6) is 0 Å². The lowest BCUT2D eigenvalue weighted by Gasteiger charge is -2.10. The highest BCUT2D eigenvalue weighted by molar-refractivity contribution is 8.10. The van der Waals surface area contributed by atoms with Gasteiger partial charge in [-0.1, -0.05) is 121 Å². The first kappa shape index (κ1) is 29.5. The number of allylic oxidation sites excluding steroid dienone is 1. The predicted octanol–water partition coefficient (Wildman–Crippen LogP) is 9.06. The molecule has 0 spiro atoms. The largest absolute Gasteiger partial charge is 0.355 e. The van der Waals surface area contributed by atoms with E-state index in [0.717, 1.165) is 12.8 Å². The quantitative estimate of drug-likeness (QED) is 0.120. The van der Waals surface area contributed by atoms with E-state index in [9.17, 15) is 5.11 Å². The standard InChI is InChI=1S/C25H46OS.CH4/c1-5-7-8-9-10-11-12-13-14-15-16-17-18-19-20-21-22-23-24(6-2)25(26)27(3)4;/h5-6,24,26H,1-4,7-23H2;1H4. The van der Waals surface area contributed by atoms with Gasteiger partial charge in [0.05, 0.1) is 5.05 Å². The van der Waals surface area contributed by atoms with Crippen LogP contribution in [0.15, 0.2) is 25.3 Å². The average molecular weight is 411 g/mol. The zero-order valence-corrected chi connectivity index (χ0v) is 18.8. The van der Waals surface area contributed by atoms with Gasteiger partial charge in [0.15, 0.2) is 0 Å². The molecule has 2 heteroatoms. The van der Waals surface area contributed by atoms with Gasteiger partial charge < -0.3 is 5.11 Å². The lowest BCUT2D eigenvalue weighted by atomic mass is 10.0. The van der Waals surface area contributed by atoms with E-state index in [4.69, 9.17) is 0 Å². The van der Waals surface area contributed by atoms with E-state index in [1.807, 2.05) is 12.2 Å². The Bertz CT molecular complexity index is 479. The van der Waals surface area contributed by atoms with Crippen molar-refractivity contribution in [3.8, 4) is 0 Å². The third-order valence-electron chi connectivity index (χ3n) is 5.32. The molecule has 0 heterocycles. The first-order valence-electron chi connectivity index (χ1n) is 11.3. The second-order valence-electron chi connectivity index (χ2n) is 7.84. The summed E-state index contributed by atoms with van der Waals surface area (Å²) in [5.41, 5.74) is 0. The van der Waals surface area contributed by atoms with Gasteiger partial charge in [0.25, 0.3) is 0 Å². The molecule has 0 rings (SSSR count). The first-order chi connectivity index (χ1) is 13.1. The molecule has 0 fully saturated rings. The van der Waals surface area contributed by atoms with Crippen LogP contribution < -0.4 is 0 Å². The van der Waals surface area contributed by atoms with Crippen molar-refractivity contribution < 1.29 is 5.11 Å². The summed E-state index contributed by atoms with van der Waals surface area (Å²) in [6, 6.07) is 0. The lowest BCUT2D eigenvalue weighted by molar-refractivity contribution is 0.492. The molecule has 0 aromatic heterocycles. The minimum Gasteiger partial charge on any atom is -0.355 e. The maximum Gasteiger partial charge on any atom is 0.0987 e. The van der Waals surface area contributed by atoms with Gasteiger partial charge in [-0.2, -0.15) is 9.66 Å². The zero-order valence-electron chi connectivity index (χ0n) is 17.9. The summed E-state index contributed by atoms with van der Waals surface area (Å²) >= 11 is 0. The van der Waals surface area contributed by atoms with Crippen molar-refractivity contribution in [2.45, 2.75) is 117 Å². The van der Waals surface area contributed by atoms with Crippen LogP contribution in [0.2, 0.25) is 0 Å². The van der Waals surface area contributed by atoms with Crippen LogP contribution in [0.4, 0.5) is 0 Å². The van der Waals surface area contributed by atoms with E-state index < -0.39 is 9.66 Å². The molecule has 1 atom stereocenters. The first-order valence-corrected chi connectivity index (χ1v) is 12.8. The minimum absolute atomic E-state index is 0. The highest BCUT2D eigenvalue weighted by Crippen LogP contribution is 2.16. The summed E-state index contributed by atoms with van der Waals surface area (Å²) < 4.78 is 0. The highest BCUT2D eigenvalue weighted by atomic mass is 32.1. The van der Waals surface area contributed by atoms with Crippen molar-refractivity contribution in [1.82, 2.24) is 0 Å². The minimum atomic E-state index is -0.511. The van der Waals surface area contributed by atoms with E-state index in [0.29, 0.717) is 5.05 Å². The summed E-state index contributed by atoms with van der Waals surface area (Å²) in [6.45, 7) is 7.60. The Hall–Kier alpha value is -0.730. The molecule has 0 aromatic rings. The summed E-state index contributed by atoms with van der Waals surface area (Å²) in [7, 11) is -0.511.